The molecule has 0 spiro atoms. The van der Waals surface area contributed by atoms with Gasteiger partial charge in [0.05, 0.1) is 6.10 Å². The van der Waals surface area contributed by atoms with Crippen molar-refractivity contribution in [2.24, 2.45) is 39.9 Å². The highest BCUT2D eigenvalue weighted by Gasteiger charge is 2.62. The van der Waals surface area contributed by atoms with Crippen molar-refractivity contribution in [3.8, 4) is 0 Å². The third-order valence-electron chi connectivity index (χ3n) is 9.08. The van der Waals surface area contributed by atoms with Crippen molar-refractivity contribution < 1.29 is 9.90 Å². The van der Waals surface area contributed by atoms with E-state index in [0.717, 1.165) is 32.1 Å². The molecule has 7 atom stereocenters. The zero-order valence-corrected chi connectivity index (χ0v) is 16.8. The summed E-state index contributed by atoms with van der Waals surface area (Å²) >= 11 is 0. The van der Waals surface area contributed by atoms with Crippen molar-refractivity contribution in [3.63, 3.8) is 0 Å². The second-order valence-corrected chi connectivity index (χ2v) is 11.2. The van der Waals surface area contributed by atoms with Gasteiger partial charge in [0.25, 0.3) is 0 Å². The predicted octanol–water partition coefficient (Wildman–Crippen LogP) is 5.15. The highest BCUT2D eigenvalue weighted by molar-refractivity contribution is 5.91. The van der Waals surface area contributed by atoms with E-state index in [1.807, 2.05) is 6.08 Å². The van der Waals surface area contributed by atoms with Gasteiger partial charge in [-0.1, -0.05) is 40.2 Å². The Morgan fingerprint density at radius 2 is 1.80 bits per heavy atom. The molecule has 0 aromatic heterocycles. The molecule has 4 aliphatic rings. The molecule has 0 saturated heterocycles. The maximum absolute atomic E-state index is 12.1. The van der Waals surface area contributed by atoms with Gasteiger partial charge in [0.1, 0.15) is 0 Å². The molecule has 0 heterocycles. The number of allylic oxidation sites excluding steroid dienone is 1. The number of hydrogen-bond acceptors (Lipinski definition) is 2. The average molecular weight is 345 g/mol. The molecule has 0 radical (unpaired) electrons. The van der Waals surface area contributed by atoms with Crippen LogP contribution in [-0.4, -0.2) is 17.0 Å². The second-order valence-electron chi connectivity index (χ2n) is 11.2. The number of rotatable bonds is 0. The topological polar surface area (TPSA) is 37.3 Å². The van der Waals surface area contributed by atoms with Crippen LogP contribution in [0.25, 0.3) is 0 Å². The van der Waals surface area contributed by atoms with Gasteiger partial charge in [0, 0.05) is 6.42 Å². The van der Waals surface area contributed by atoms with Crippen LogP contribution in [-0.2, 0) is 4.79 Å². The number of carbonyl (C=O) groups is 1. The van der Waals surface area contributed by atoms with Crippen LogP contribution in [0.3, 0.4) is 0 Å². The molecular weight excluding hydrogens is 308 g/mol. The van der Waals surface area contributed by atoms with E-state index < -0.39 is 0 Å². The van der Waals surface area contributed by atoms with E-state index in [0.29, 0.717) is 29.5 Å². The lowest BCUT2D eigenvalue weighted by Crippen LogP contribution is -2.56. The first-order chi connectivity index (χ1) is 11.6. The highest BCUT2D eigenvalue weighted by Crippen LogP contribution is 2.68. The van der Waals surface area contributed by atoms with E-state index >= 15 is 0 Å². The van der Waals surface area contributed by atoms with Gasteiger partial charge < -0.3 is 5.11 Å². The number of hydrogen-bond donors (Lipinski definition) is 1. The zero-order chi connectivity index (χ0) is 18.2. The van der Waals surface area contributed by atoms with Gasteiger partial charge in [-0.25, -0.2) is 0 Å². The standard InChI is InChI=1S/C23H36O2/c1-21(2,3)18-13-14-12-15(24)8-10-22(14,4)17-9-11-23(5)16(20(17)18)6-7-19(23)25/h12,16-20,25H,6-11,13H2,1-5H3/t16-,17-,18+,19-,20-,22-,23-/m0/s1. The molecule has 2 heteroatoms. The molecule has 0 amide bonds. The molecule has 4 aliphatic carbocycles. The highest BCUT2D eigenvalue weighted by atomic mass is 16.3. The fourth-order valence-corrected chi connectivity index (χ4v) is 7.42. The number of carbonyl (C=O) groups excluding carboxylic acids is 1. The number of aliphatic hydroxyl groups excluding tert-OH is 1. The minimum absolute atomic E-state index is 0.114. The lowest BCUT2D eigenvalue weighted by Gasteiger charge is -2.62. The third kappa shape index (κ3) is 2.42. The molecule has 0 aliphatic heterocycles. The van der Waals surface area contributed by atoms with Crippen LogP contribution in [0.5, 0.6) is 0 Å². The summed E-state index contributed by atoms with van der Waals surface area (Å²) in [5, 5.41) is 10.7. The maximum atomic E-state index is 12.1. The summed E-state index contributed by atoms with van der Waals surface area (Å²) < 4.78 is 0. The normalized spacial score (nSPS) is 49.9. The Kier molecular flexibility index (Phi) is 3.87. The molecule has 0 aromatic rings. The number of fused-ring (bicyclic) bond motifs is 5. The van der Waals surface area contributed by atoms with Crippen molar-refractivity contribution in [1.82, 2.24) is 0 Å². The lowest BCUT2D eigenvalue weighted by molar-refractivity contribution is -0.125. The summed E-state index contributed by atoms with van der Waals surface area (Å²) in [6.45, 7) is 12.0. The minimum atomic E-state index is -0.114. The number of ketones is 1. The van der Waals surface area contributed by atoms with Crippen molar-refractivity contribution in [3.05, 3.63) is 11.6 Å². The molecule has 140 valence electrons. The van der Waals surface area contributed by atoms with E-state index in [-0.39, 0.29) is 22.3 Å². The first kappa shape index (κ1) is 17.8. The SMILES string of the molecule is CC(C)(C)[C@@H]1CC2=CC(=O)CC[C@]2(C)[C@H]2CC[C@]3(C)[C@@H](O)CC[C@H]3[C@H]12. The molecule has 2 nitrogen and oxygen atoms in total. The Bertz CT molecular complexity index is 612. The largest absolute Gasteiger partial charge is 0.393 e. The van der Waals surface area contributed by atoms with Crippen molar-refractivity contribution in [2.45, 2.75) is 85.7 Å². The molecular formula is C23H36O2. The van der Waals surface area contributed by atoms with Gasteiger partial charge in [0.2, 0.25) is 0 Å². The Morgan fingerprint density at radius 3 is 2.48 bits per heavy atom. The summed E-state index contributed by atoms with van der Waals surface area (Å²) in [7, 11) is 0. The van der Waals surface area contributed by atoms with Gasteiger partial charge in [-0.2, -0.15) is 0 Å². The van der Waals surface area contributed by atoms with Crippen LogP contribution in [0.15, 0.2) is 11.6 Å². The van der Waals surface area contributed by atoms with Crippen LogP contribution in [0.2, 0.25) is 0 Å². The Balaban J connectivity index is 1.81. The molecule has 0 bridgehead atoms. The van der Waals surface area contributed by atoms with Crippen LogP contribution in [0, 0.1) is 39.9 Å². The first-order valence-corrected chi connectivity index (χ1v) is 10.5. The Hall–Kier alpha value is -0.630. The van der Waals surface area contributed by atoms with Crippen LogP contribution < -0.4 is 0 Å². The van der Waals surface area contributed by atoms with E-state index in [1.54, 1.807) is 0 Å². The van der Waals surface area contributed by atoms with E-state index in [1.165, 1.54) is 18.4 Å². The fourth-order valence-electron chi connectivity index (χ4n) is 7.42. The van der Waals surface area contributed by atoms with Crippen LogP contribution >= 0.6 is 0 Å². The fraction of sp³-hybridized carbons (Fsp3) is 0.870. The first-order valence-electron chi connectivity index (χ1n) is 10.5. The van der Waals surface area contributed by atoms with Crippen LogP contribution in [0.4, 0.5) is 0 Å². The molecule has 3 fully saturated rings. The molecule has 25 heavy (non-hydrogen) atoms. The predicted molar refractivity (Wildman–Crippen MR) is 101 cm³/mol. The Morgan fingerprint density at radius 1 is 1.08 bits per heavy atom. The molecule has 0 unspecified atom stereocenters. The maximum Gasteiger partial charge on any atom is 0.155 e. The summed E-state index contributed by atoms with van der Waals surface area (Å²) in [5.41, 5.74) is 2.03. The Labute approximate surface area is 153 Å². The van der Waals surface area contributed by atoms with Gasteiger partial charge >= 0.3 is 0 Å². The third-order valence-corrected chi connectivity index (χ3v) is 9.08. The van der Waals surface area contributed by atoms with Gasteiger partial charge in [-0.15, -0.1) is 0 Å². The zero-order valence-electron chi connectivity index (χ0n) is 16.8. The van der Waals surface area contributed by atoms with Gasteiger partial charge in [0.15, 0.2) is 5.78 Å². The van der Waals surface area contributed by atoms with Crippen molar-refractivity contribution in [2.75, 3.05) is 0 Å². The van der Waals surface area contributed by atoms with Gasteiger partial charge in [-0.3, -0.25) is 4.79 Å². The summed E-state index contributed by atoms with van der Waals surface area (Å²) in [5.74, 6) is 3.01. The second kappa shape index (κ2) is 5.44. The monoisotopic (exact) mass is 344 g/mol. The quantitative estimate of drug-likeness (QED) is 0.660. The van der Waals surface area contributed by atoms with Crippen molar-refractivity contribution in [1.29, 1.82) is 0 Å². The van der Waals surface area contributed by atoms with Crippen LogP contribution in [0.1, 0.15) is 79.6 Å². The van der Waals surface area contributed by atoms with Gasteiger partial charge in [-0.05, 0) is 84.5 Å². The lowest BCUT2D eigenvalue weighted by atomic mass is 9.42. The summed E-state index contributed by atoms with van der Waals surface area (Å²) in [6, 6.07) is 0. The van der Waals surface area contributed by atoms with E-state index in [9.17, 15) is 9.90 Å². The molecule has 4 rings (SSSR count). The van der Waals surface area contributed by atoms with Crippen molar-refractivity contribution >= 4 is 5.78 Å². The summed E-state index contributed by atoms with van der Waals surface area (Å²) in [6.07, 6.45) is 9.34. The smallest absolute Gasteiger partial charge is 0.155 e. The van der Waals surface area contributed by atoms with E-state index in [4.69, 9.17) is 0 Å². The average Bonchev–Trinajstić information content (AvgIpc) is 2.82. The van der Waals surface area contributed by atoms with E-state index in [2.05, 4.69) is 34.6 Å². The number of aliphatic hydroxyl groups is 1. The molecule has 3 saturated carbocycles. The molecule has 1 N–H and O–H groups in total. The molecule has 0 aromatic carbocycles. The summed E-state index contributed by atoms with van der Waals surface area (Å²) in [4.78, 5) is 12.1. The minimum Gasteiger partial charge on any atom is -0.393 e.